The van der Waals surface area contributed by atoms with E-state index >= 15 is 0 Å². The number of imidazole rings is 1. The monoisotopic (exact) mass is 671 g/mol. The summed E-state index contributed by atoms with van der Waals surface area (Å²) in [6.45, 7) is 0.121. The molecule has 1 amide bonds. The number of amides is 1. The summed E-state index contributed by atoms with van der Waals surface area (Å²) in [4.78, 5) is 37.6. The lowest BCUT2D eigenvalue weighted by molar-refractivity contribution is -0.137. The van der Waals surface area contributed by atoms with Crippen molar-refractivity contribution < 1.29 is 26.7 Å². The Kier molecular flexibility index (Phi) is 9.39. The molecule has 250 valence electrons. The van der Waals surface area contributed by atoms with Gasteiger partial charge in [0.15, 0.2) is 17.1 Å². The van der Waals surface area contributed by atoms with E-state index in [1.54, 1.807) is 62.8 Å². The van der Waals surface area contributed by atoms with E-state index in [0.717, 1.165) is 23.8 Å². The molecule has 0 spiro atoms. The van der Waals surface area contributed by atoms with Crippen LogP contribution in [0.3, 0.4) is 0 Å². The zero-order valence-electron chi connectivity index (χ0n) is 26.3. The number of rotatable bonds is 10. The number of alkyl halides is 3. The molecule has 0 unspecified atom stereocenters. The van der Waals surface area contributed by atoms with Crippen LogP contribution in [0.25, 0.3) is 22.2 Å². The van der Waals surface area contributed by atoms with Gasteiger partial charge in [0.1, 0.15) is 18.0 Å². The predicted molar refractivity (Wildman–Crippen MR) is 174 cm³/mol. The third-order valence-corrected chi connectivity index (χ3v) is 8.41. The van der Waals surface area contributed by atoms with Crippen molar-refractivity contribution in [1.29, 1.82) is 0 Å². The Hall–Kier alpha value is -5.65. The van der Waals surface area contributed by atoms with Crippen LogP contribution in [-0.2, 0) is 50.5 Å². The summed E-state index contributed by atoms with van der Waals surface area (Å²) in [6, 6.07) is 20.6. The highest BCUT2D eigenvalue weighted by Gasteiger charge is 2.30. The maximum Gasteiger partial charge on any atom is 0.416 e. The highest BCUT2D eigenvalue weighted by Crippen LogP contribution is 2.31. The van der Waals surface area contributed by atoms with Gasteiger partial charge in [-0.2, -0.15) is 13.2 Å². The van der Waals surface area contributed by atoms with E-state index in [-0.39, 0.29) is 55.0 Å². The molecule has 0 radical (unpaired) electrons. The Morgan fingerprint density at radius 1 is 0.837 bits per heavy atom. The lowest BCUT2D eigenvalue weighted by Gasteiger charge is -2.25. The number of aryl methyl sites for hydroxylation is 3. The van der Waals surface area contributed by atoms with Crippen molar-refractivity contribution >= 4 is 16.9 Å². The molecule has 0 bridgehead atoms. The number of pyridine rings is 2. The third-order valence-electron chi connectivity index (χ3n) is 8.41. The number of benzene rings is 3. The molecule has 6 rings (SSSR count). The first-order valence-corrected chi connectivity index (χ1v) is 15.4. The molecule has 0 atom stereocenters. The van der Waals surface area contributed by atoms with Gasteiger partial charge < -0.3 is 14.0 Å². The molecule has 0 N–H and O–H groups in total. The molecular weight excluding hydrogens is 641 g/mol. The van der Waals surface area contributed by atoms with E-state index in [2.05, 4.69) is 9.97 Å². The Balaban J connectivity index is 1.29. The molecule has 0 aliphatic rings. The fraction of sp³-hybridized carbons (Fsp3) is 0.189. The van der Waals surface area contributed by atoms with Crippen molar-refractivity contribution in [3.63, 3.8) is 0 Å². The Morgan fingerprint density at radius 2 is 1.55 bits per heavy atom. The number of halogens is 5. The van der Waals surface area contributed by atoms with Crippen LogP contribution in [0.5, 0.6) is 0 Å². The first-order chi connectivity index (χ1) is 23.5. The summed E-state index contributed by atoms with van der Waals surface area (Å²) in [5.74, 6) is -1.62. The molecule has 0 aliphatic heterocycles. The molecule has 3 aromatic heterocycles. The molecule has 0 fully saturated rings. The van der Waals surface area contributed by atoms with Crippen LogP contribution in [0.4, 0.5) is 22.0 Å². The maximum absolute atomic E-state index is 14.5. The smallest absolute Gasteiger partial charge is 0.337 e. The fourth-order valence-corrected chi connectivity index (χ4v) is 5.70. The number of fused-ring (bicyclic) bond motifs is 1. The standard InChI is InChI=1S/C37H30F5N5O2/c1-45-19-18-43-33(45)22-46(21-24-7-9-25(10-8-24)26-11-14-28(15-12-26)37(40,41)42)34(49)23-47-29(16-13-27-4-2-6-31(38)35(27)39)20-32(48)30-5-3-17-44-36(30)47/h2-12,14-15,17-20H,13,16,21-23H2,1H3. The highest BCUT2D eigenvalue weighted by molar-refractivity contribution is 5.80. The molecule has 0 saturated heterocycles. The predicted octanol–water partition coefficient (Wildman–Crippen LogP) is 7.11. The minimum atomic E-state index is -4.43. The molecule has 3 heterocycles. The van der Waals surface area contributed by atoms with Crippen LogP contribution < -0.4 is 5.43 Å². The average molecular weight is 672 g/mol. The Labute approximate surface area is 277 Å². The quantitative estimate of drug-likeness (QED) is 0.146. The third kappa shape index (κ3) is 7.43. The second-order valence-electron chi connectivity index (χ2n) is 11.6. The van der Waals surface area contributed by atoms with Gasteiger partial charge in [-0.15, -0.1) is 0 Å². The number of hydrogen-bond acceptors (Lipinski definition) is 4. The van der Waals surface area contributed by atoms with Gasteiger partial charge in [-0.05, 0) is 65.4 Å². The number of carbonyl (C=O) groups is 1. The molecular formula is C37H30F5N5O2. The van der Waals surface area contributed by atoms with E-state index < -0.39 is 23.4 Å². The fourth-order valence-electron chi connectivity index (χ4n) is 5.70. The molecule has 12 heteroatoms. The summed E-state index contributed by atoms with van der Waals surface area (Å²) in [7, 11) is 1.81. The van der Waals surface area contributed by atoms with Crippen molar-refractivity contribution in [1.82, 2.24) is 24.0 Å². The normalized spacial score (nSPS) is 11.6. The van der Waals surface area contributed by atoms with Crippen molar-refractivity contribution in [2.75, 3.05) is 0 Å². The van der Waals surface area contributed by atoms with Gasteiger partial charge in [-0.3, -0.25) is 9.59 Å². The van der Waals surface area contributed by atoms with Gasteiger partial charge in [0.05, 0.1) is 17.5 Å². The van der Waals surface area contributed by atoms with Crippen LogP contribution in [-0.4, -0.2) is 29.9 Å². The summed E-state index contributed by atoms with van der Waals surface area (Å²) in [6.07, 6.45) is 0.698. The first-order valence-electron chi connectivity index (χ1n) is 15.4. The van der Waals surface area contributed by atoms with Crippen LogP contribution in [0, 0.1) is 11.6 Å². The van der Waals surface area contributed by atoms with Crippen molar-refractivity contribution in [2.45, 2.75) is 38.7 Å². The molecule has 3 aromatic carbocycles. The summed E-state index contributed by atoms with van der Waals surface area (Å²) >= 11 is 0. The SMILES string of the molecule is Cn1ccnc1CN(Cc1ccc(-c2ccc(C(F)(F)F)cc2)cc1)C(=O)Cn1c(CCc2cccc(F)c2F)cc(=O)c2cccnc21. The van der Waals surface area contributed by atoms with E-state index in [0.29, 0.717) is 28.0 Å². The molecule has 0 aliphatic carbocycles. The van der Waals surface area contributed by atoms with Crippen LogP contribution in [0.2, 0.25) is 0 Å². The largest absolute Gasteiger partial charge is 0.416 e. The van der Waals surface area contributed by atoms with Crippen LogP contribution >= 0.6 is 0 Å². The number of hydrogen-bond donors (Lipinski definition) is 0. The summed E-state index contributed by atoms with van der Waals surface area (Å²) in [5, 5.41) is 0.311. The highest BCUT2D eigenvalue weighted by atomic mass is 19.4. The molecule has 0 saturated carbocycles. The Morgan fingerprint density at radius 3 is 2.22 bits per heavy atom. The summed E-state index contributed by atoms with van der Waals surface area (Å²) in [5.41, 5.74) is 1.92. The van der Waals surface area contributed by atoms with Gasteiger partial charge in [0.2, 0.25) is 5.91 Å². The van der Waals surface area contributed by atoms with E-state index in [4.69, 9.17) is 0 Å². The van der Waals surface area contributed by atoms with Gasteiger partial charge >= 0.3 is 6.18 Å². The number of nitrogens with zero attached hydrogens (tertiary/aromatic N) is 5. The lowest BCUT2D eigenvalue weighted by Crippen LogP contribution is -2.35. The van der Waals surface area contributed by atoms with Crippen molar-refractivity contribution in [3.05, 3.63) is 154 Å². The van der Waals surface area contributed by atoms with Crippen LogP contribution in [0.15, 0.2) is 108 Å². The number of aromatic nitrogens is 4. The van der Waals surface area contributed by atoms with E-state index in [1.807, 2.05) is 7.05 Å². The topological polar surface area (TPSA) is 73.0 Å². The second kappa shape index (κ2) is 13.8. The molecule has 6 aromatic rings. The van der Waals surface area contributed by atoms with Gasteiger partial charge in [0.25, 0.3) is 0 Å². The molecule has 49 heavy (non-hydrogen) atoms. The van der Waals surface area contributed by atoms with Gasteiger partial charge in [-0.25, -0.2) is 18.7 Å². The Bertz CT molecular complexity index is 2170. The van der Waals surface area contributed by atoms with Gasteiger partial charge in [0, 0.05) is 43.9 Å². The van der Waals surface area contributed by atoms with Crippen molar-refractivity contribution in [3.8, 4) is 11.1 Å². The lowest BCUT2D eigenvalue weighted by atomic mass is 10.0. The number of carbonyl (C=O) groups excluding carboxylic acids is 1. The zero-order chi connectivity index (χ0) is 34.7. The van der Waals surface area contributed by atoms with Crippen LogP contribution in [0.1, 0.15) is 28.2 Å². The second-order valence-corrected chi connectivity index (χ2v) is 11.6. The van der Waals surface area contributed by atoms with E-state index in [9.17, 15) is 31.5 Å². The minimum absolute atomic E-state index is 0.0812. The van der Waals surface area contributed by atoms with Gasteiger partial charge in [-0.1, -0.05) is 48.5 Å². The minimum Gasteiger partial charge on any atom is -0.337 e. The van der Waals surface area contributed by atoms with Crippen molar-refractivity contribution in [2.24, 2.45) is 7.05 Å². The summed E-state index contributed by atoms with van der Waals surface area (Å²) < 4.78 is 70.9. The average Bonchev–Trinajstić information content (AvgIpc) is 3.50. The molecule has 7 nitrogen and oxygen atoms in total. The van der Waals surface area contributed by atoms with E-state index in [1.165, 1.54) is 36.5 Å². The first kappa shape index (κ1) is 33.3. The zero-order valence-corrected chi connectivity index (χ0v) is 26.3. The maximum atomic E-state index is 14.5.